The van der Waals surface area contributed by atoms with E-state index in [1.807, 2.05) is 19.1 Å². The highest BCUT2D eigenvalue weighted by molar-refractivity contribution is 6.08. The van der Waals surface area contributed by atoms with E-state index in [2.05, 4.69) is 10.6 Å². The second-order valence-corrected chi connectivity index (χ2v) is 4.71. The van der Waals surface area contributed by atoms with Crippen molar-refractivity contribution >= 4 is 17.3 Å². The molecule has 0 aliphatic carbocycles. The summed E-state index contributed by atoms with van der Waals surface area (Å²) < 4.78 is 13.0. The molecule has 0 atom stereocenters. The van der Waals surface area contributed by atoms with Gasteiger partial charge in [-0.05, 0) is 55.3 Å². The minimum Gasteiger partial charge on any atom is -0.387 e. The van der Waals surface area contributed by atoms with Crippen LogP contribution >= 0.6 is 0 Å². The Morgan fingerprint density at radius 3 is 2.45 bits per heavy atom. The first kappa shape index (κ1) is 14.1. The van der Waals surface area contributed by atoms with Crippen LogP contribution in [0, 0.1) is 19.7 Å². The maximum absolute atomic E-state index is 13.0. The molecule has 2 rings (SSSR count). The Balaban J connectivity index is 2.28. The first-order valence-corrected chi connectivity index (χ1v) is 6.37. The molecule has 0 aliphatic rings. The Kier molecular flexibility index (Phi) is 4.03. The van der Waals surface area contributed by atoms with Gasteiger partial charge < -0.3 is 10.6 Å². The van der Waals surface area contributed by atoms with Crippen LogP contribution in [0.5, 0.6) is 0 Å². The number of benzene rings is 2. The topological polar surface area (TPSA) is 41.1 Å². The van der Waals surface area contributed by atoms with Crippen LogP contribution in [-0.2, 0) is 0 Å². The predicted octanol–water partition coefficient (Wildman–Crippen LogP) is 3.74. The number of hydrogen-bond acceptors (Lipinski definition) is 2. The van der Waals surface area contributed by atoms with Gasteiger partial charge in [0.05, 0.1) is 5.56 Å². The molecule has 0 aromatic heterocycles. The molecule has 0 unspecified atom stereocenters. The molecule has 0 spiro atoms. The highest BCUT2D eigenvalue weighted by Crippen LogP contribution is 2.21. The standard InChI is InChI=1S/C16H17FN2O/c1-10-4-6-13(15(8-10)18-3)16(20)19-14-7-5-12(17)9-11(14)2/h4-9,18H,1-3H3,(H,19,20). The van der Waals surface area contributed by atoms with Gasteiger partial charge in [-0.25, -0.2) is 4.39 Å². The summed E-state index contributed by atoms with van der Waals surface area (Å²) in [4.78, 5) is 12.3. The summed E-state index contributed by atoms with van der Waals surface area (Å²) in [6.45, 7) is 3.72. The SMILES string of the molecule is CNc1cc(C)ccc1C(=O)Nc1ccc(F)cc1C. The maximum atomic E-state index is 13.0. The summed E-state index contributed by atoms with van der Waals surface area (Å²) in [6.07, 6.45) is 0. The molecule has 0 fully saturated rings. The van der Waals surface area contributed by atoms with E-state index in [1.165, 1.54) is 12.1 Å². The van der Waals surface area contributed by atoms with Crippen molar-refractivity contribution in [2.45, 2.75) is 13.8 Å². The van der Waals surface area contributed by atoms with E-state index >= 15 is 0 Å². The van der Waals surface area contributed by atoms with Crippen LogP contribution in [0.25, 0.3) is 0 Å². The first-order valence-electron chi connectivity index (χ1n) is 6.37. The summed E-state index contributed by atoms with van der Waals surface area (Å²) in [6, 6.07) is 9.85. The lowest BCUT2D eigenvalue weighted by Gasteiger charge is -2.12. The monoisotopic (exact) mass is 272 g/mol. The lowest BCUT2D eigenvalue weighted by molar-refractivity contribution is 0.102. The molecule has 0 heterocycles. The van der Waals surface area contributed by atoms with E-state index in [0.29, 0.717) is 16.8 Å². The first-order chi connectivity index (χ1) is 9.51. The number of rotatable bonds is 3. The van der Waals surface area contributed by atoms with Gasteiger partial charge in [0.15, 0.2) is 0 Å². The molecule has 0 radical (unpaired) electrons. The second-order valence-electron chi connectivity index (χ2n) is 4.71. The molecule has 4 heteroatoms. The van der Waals surface area contributed by atoms with Crippen LogP contribution in [0.1, 0.15) is 21.5 Å². The highest BCUT2D eigenvalue weighted by Gasteiger charge is 2.12. The number of anilines is 2. The van der Waals surface area contributed by atoms with E-state index in [0.717, 1.165) is 11.3 Å². The van der Waals surface area contributed by atoms with Crippen molar-refractivity contribution in [1.29, 1.82) is 0 Å². The number of nitrogens with one attached hydrogen (secondary N) is 2. The Morgan fingerprint density at radius 2 is 1.80 bits per heavy atom. The third kappa shape index (κ3) is 2.96. The summed E-state index contributed by atoms with van der Waals surface area (Å²) in [5.41, 5.74) is 3.70. The molecule has 0 aliphatic heterocycles. The minimum absolute atomic E-state index is 0.218. The van der Waals surface area contributed by atoms with Crippen molar-refractivity contribution < 1.29 is 9.18 Å². The number of aryl methyl sites for hydroxylation is 2. The molecule has 2 aromatic rings. The van der Waals surface area contributed by atoms with E-state index < -0.39 is 0 Å². The average molecular weight is 272 g/mol. The zero-order valence-corrected chi connectivity index (χ0v) is 11.8. The molecular weight excluding hydrogens is 255 g/mol. The number of halogens is 1. The van der Waals surface area contributed by atoms with Gasteiger partial charge in [0.25, 0.3) is 5.91 Å². The van der Waals surface area contributed by atoms with Crippen LogP contribution in [0.15, 0.2) is 36.4 Å². The van der Waals surface area contributed by atoms with Crippen LogP contribution in [0.4, 0.5) is 15.8 Å². The Hall–Kier alpha value is -2.36. The predicted molar refractivity (Wildman–Crippen MR) is 79.8 cm³/mol. The van der Waals surface area contributed by atoms with E-state index in [4.69, 9.17) is 0 Å². The number of amides is 1. The van der Waals surface area contributed by atoms with Crippen LogP contribution in [0.2, 0.25) is 0 Å². The Labute approximate surface area is 117 Å². The van der Waals surface area contributed by atoms with Crippen molar-refractivity contribution in [3.63, 3.8) is 0 Å². The Morgan fingerprint density at radius 1 is 1.05 bits per heavy atom. The molecule has 2 aromatic carbocycles. The zero-order valence-electron chi connectivity index (χ0n) is 11.8. The Bertz CT molecular complexity index is 653. The molecule has 20 heavy (non-hydrogen) atoms. The van der Waals surface area contributed by atoms with E-state index in [-0.39, 0.29) is 11.7 Å². The summed E-state index contributed by atoms with van der Waals surface area (Å²) in [5.74, 6) is -0.532. The summed E-state index contributed by atoms with van der Waals surface area (Å²) in [7, 11) is 1.77. The molecule has 3 nitrogen and oxygen atoms in total. The van der Waals surface area contributed by atoms with Gasteiger partial charge >= 0.3 is 0 Å². The molecule has 1 amide bonds. The smallest absolute Gasteiger partial charge is 0.257 e. The summed E-state index contributed by atoms with van der Waals surface area (Å²) in [5, 5.41) is 5.81. The van der Waals surface area contributed by atoms with Crippen molar-refractivity contribution in [3.05, 3.63) is 58.9 Å². The number of carbonyl (C=O) groups is 1. The quantitative estimate of drug-likeness (QED) is 0.893. The van der Waals surface area contributed by atoms with Crippen molar-refractivity contribution in [2.24, 2.45) is 0 Å². The summed E-state index contributed by atoms with van der Waals surface area (Å²) >= 11 is 0. The third-order valence-corrected chi connectivity index (χ3v) is 3.13. The van der Waals surface area contributed by atoms with Crippen molar-refractivity contribution in [2.75, 3.05) is 17.7 Å². The van der Waals surface area contributed by atoms with Crippen LogP contribution in [-0.4, -0.2) is 13.0 Å². The number of hydrogen-bond donors (Lipinski definition) is 2. The highest BCUT2D eigenvalue weighted by atomic mass is 19.1. The molecule has 0 saturated heterocycles. The van der Waals surface area contributed by atoms with Crippen LogP contribution in [0.3, 0.4) is 0 Å². The van der Waals surface area contributed by atoms with Crippen LogP contribution < -0.4 is 10.6 Å². The fourth-order valence-corrected chi connectivity index (χ4v) is 2.02. The van der Waals surface area contributed by atoms with E-state index in [9.17, 15) is 9.18 Å². The fraction of sp³-hybridized carbons (Fsp3) is 0.188. The minimum atomic E-state index is -0.313. The van der Waals surface area contributed by atoms with Gasteiger partial charge in [0, 0.05) is 18.4 Å². The third-order valence-electron chi connectivity index (χ3n) is 3.13. The van der Waals surface area contributed by atoms with Gasteiger partial charge in [-0.1, -0.05) is 6.07 Å². The lowest BCUT2D eigenvalue weighted by Crippen LogP contribution is -2.15. The van der Waals surface area contributed by atoms with Gasteiger partial charge in [-0.3, -0.25) is 4.79 Å². The number of carbonyl (C=O) groups excluding carboxylic acids is 1. The largest absolute Gasteiger partial charge is 0.387 e. The lowest BCUT2D eigenvalue weighted by atomic mass is 10.1. The van der Waals surface area contributed by atoms with Gasteiger partial charge in [-0.15, -0.1) is 0 Å². The normalized spacial score (nSPS) is 10.2. The van der Waals surface area contributed by atoms with Crippen molar-refractivity contribution in [1.82, 2.24) is 0 Å². The molecule has 2 N–H and O–H groups in total. The maximum Gasteiger partial charge on any atom is 0.257 e. The van der Waals surface area contributed by atoms with Gasteiger partial charge in [-0.2, -0.15) is 0 Å². The second kappa shape index (κ2) is 5.74. The molecule has 0 saturated carbocycles. The fourth-order valence-electron chi connectivity index (χ4n) is 2.02. The van der Waals surface area contributed by atoms with E-state index in [1.54, 1.807) is 26.1 Å². The van der Waals surface area contributed by atoms with Gasteiger partial charge in [0.2, 0.25) is 0 Å². The zero-order chi connectivity index (χ0) is 14.7. The molecule has 0 bridgehead atoms. The average Bonchev–Trinajstić information content (AvgIpc) is 2.41. The van der Waals surface area contributed by atoms with Crippen molar-refractivity contribution in [3.8, 4) is 0 Å². The van der Waals surface area contributed by atoms with Gasteiger partial charge in [0.1, 0.15) is 5.82 Å². The molecular formula is C16H17FN2O. The molecule has 104 valence electrons.